The molecule has 0 saturated carbocycles. The molecule has 2 amide bonds. The average Bonchev–Trinajstić information content (AvgIpc) is 3.58. The summed E-state index contributed by atoms with van der Waals surface area (Å²) in [5, 5.41) is 27.5. The molecule has 35 heavy (non-hydrogen) atoms. The van der Waals surface area contributed by atoms with Gasteiger partial charge in [-0.3, -0.25) is 14.4 Å². The molecule has 1 spiro atoms. The summed E-state index contributed by atoms with van der Waals surface area (Å²) in [6.07, 6.45) is 2.92. The van der Waals surface area contributed by atoms with Crippen LogP contribution in [0, 0.1) is 11.8 Å². The molecule has 5 atom stereocenters. The lowest BCUT2D eigenvalue weighted by Gasteiger charge is -2.36. The number of aromatic nitrogens is 3. The van der Waals surface area contributed by atoms with Crippen LogP contribution in [0.3, 0.4) is 0 Å². The van der Waals surface area contributed by atoms with Gasteiger partial charge in [0.15, 0.2) is 0 Å². The third-order valence-electron chi connectivity index (χ3n) is 7.51. The standard InChI is InChI=1S/C24H29N5O6/c1-2-11-27(14-29-16-8-4-3-7-15(16)25-26-29)22(32)20-24-10-9-17(35-24)18(23(33)34)19(24)21(31)28(20)12-5-6-13-30/h2-4,7-8,17-20,30H,1,5-6,9-14H2,(H,33,34)/t17-,18+,19+,20-,24+/m0/s1. The smallest absolute Gasteiger partial charge is 0.310 e. The molecule has 2 aromatic rings. The van der Waals surface area contributed by atoms with E-state index >= 15 is 0 Å². The lowest BCUT2D eigenvalue weighted by molar-refractivity contribution is -0.151. The van der Waals surface area contributed by atoms with E-state index in [4.69, 9.17) is 4.74 Å². The Labute approximate surface area is 201 Å². The number of ether oxygens (including phenoxy) is 1. The molecule has 186 valence electrons. The highest BCUT2D eigenvalue weighted by Gasteiger charge is 2.74. The van der Waals surface area contributed by atoms with Crippen molar-refractivity contribution in [3.8, 4) is 0 Å². The van der Waals surface area contributed by atoms with Gasteiger partial charge < -0.3 is 24.7 Å². The highest BCUT2D eigenvalue weighted by Crippen LogP contribution is 2.58. The fraction of sp³-hybridized carbons (Fsp3) is 0.542. The van der Waals surface area contributed by atoms with Gasteiger partial charge in [-0.2, -0.15) is 0 Å². The van der Waals surface area contributed by atoms with Crippen molar-refractivity contribution in [1.29, 1.82) is 0 Å². The van der Waals surface area contributed by atoms with Crippen LogP contribution in [0.2, 0.25) is 0 Å². The molecular weight excluding hydrogens is 454 g/mol. The Kier molecular flexibility index (Phi) is 6.06. The number of aliphatic hydroxyl groups excluding tert-OH is 1. The zero-order chi connectivity index (χ0) is 24.7. The summed E-state index contributed by atoms with van der Waals surface area (Å²) >= 11 is 0. The van der Waals surface area contributed by atoms with E-state index in [-0.39, 0.29) is 38.2 Å². The second-order valence-electron chi connectivity index (χ2n) is 9.42. The SMILES string of the molecule is C=CCN(Cn1nnc2ccccc21)C(=O)[C@@H]1N(CCCCO)C(=O)[C@H]2[C@H](C(=O)O)[C@@H]3CC[C@]12O3. The van der Waals surface area contributed by atoms with E-state index in [1.165, 1.54) is 4.90 Å². The Morgan fingerprint density at radius 3 is 2.86 bits per heavy atom. The first-order valence-electron chi connectivity index (χ1n) is 11.9. The predicted molar refractivity (Wildman–Crippen MR) is 123 cm³/mol. The van der Waals surface area contributed by atoms with Crippen molar-refractivity contribution >= 4 is 28.8 Å². The van der Waals surface area contributed by atoms with E-state index in [9.17, 15) is 24.6 Å². The van der Waals surface area contributed by atoms with Gasteiger partial charge in [0.25, 0.3) is 0 Å². The largest absolute Gasteiger partial charge is 0.481 e. The highest BCUT2D eigenvalue weighted by molar-refractivity contribution is 5.98. The predicted octanol–water partition coefficient (Wildman–Crippen LogP) is 0.635. The summed E-state index contributed by atoms with van der Waals surface area (Å²) in [7, 11) is 0. The summed E-state index contributed by atoms with van der Waals surface area (Å²) in [6.45, 7) is 4.28. The Bertz CT molecular complexity index is 1170. The molecule has 5 rings (SSSR count). The van der Waals surface area contributed by atoms with Gasteiger partial charge in [0.05, 0.1) is 23.5 Å². The Balaban J connectivity index is 1.50. The molecule has 1 aromatic carbocycles. The monoisotopic (exact) mass is 483 g/mol. The first-order chi connectivity index (χ1) is 16.9. The number of amides is 2. The molecule has 2 N–H and O–H groups in total. The van der Waals surface area contributed by atoms with Crippen molar-refractivity contribution in [2.24, 2.45) is 11.8 Å². The number of para-hydroxylation sites is 1. The Hall–Kier alpha value is -3.31. The number of carbonyl (C=O) groups is 3. The molecular formula is C24H29N5O6. The normalized spacial score (nSPS) is 29.1. The van der Waals surface area contributed by atoms with E-state index in [1.807, 2.05) is 24.3 Å². The van der Waals surface area contributed by atoms with Crippen molar-refractivity contribution in [1.82, 2.24) is 24.8 Å². The molecule has 11 heteroatoms. The second kappa shape index (κ2) is 9.04. The van der Waals surface area contributed by atoms with E-state index in [1.54, 1.807) is 15.7 Å². The fourth-order valence-corrected chi connectivity index (χ4v) is 6.08. The number of aliphatic carboxylic acids is 1. The number of unbranched alkanes of at least 4 members (excludes halogenated alkanes) is 1. The van der Waals surface area contributed by atoms with Crippen molar-refractivity contribution in [3.05, 3.63) is 36.9 Å². The summed E-state index contributed by atoms with van der Waals surface area (Å²) in [5.74, 6) is -3.65. The van der Waals surface area contributed by atoms with E-state index in [2.05, 4.69) is 16.9 Å². The maximum Gasteiger partial charge on any atom is 0.310 e. The molecule has 2 bridgehead atoms. The number of rotatable bonds is 10. The van der Waals surface area contributed by atoms with Crippen LogP contribution in [-0.2, 0) is 25.8 Å². The van der Waals surface area contributed by atoms with Crippen LogP contribution in [0.25, 0.3) is 11.0 Å². The van der Waals surface area contributed by atoms with Crippen molar-refractivity contribution in [2.75, 3.05) is 19.7 Å². The first-order valence-corrected chi connectivity index (χ1v) is 11.9. The van der Waals surface area contributed by atoms with Crippen LogP contribution in [0.1, 0.15) is 25.7 Å². The zero-order valence-electron chi connectivity index (χ0n) is 19.3. The van der Waals surface area contributed by atoms with Gasteiger partial charge in [-0.25, -0.2) is 4.68 Å². The number of hydrogen-bond donors (Lipinski definition) is 2. The maximum atomic E-state index is 14.1. The number of fused-ring (bicyclic) bond motifs is 2. The number of aliphatic hydroxyl groups is 1. The van der Waals surface area contributed by atoms with Crippen molar-refractivity contribution < 1.29 is 29.3 Å². The van der Waals surface area contributed by atoms with Crippen LogP contribution in [0.15, 0.2) is 36.9 Å². The van der Waals surface area contributed by atoms with Crippen LogP contribution < -0.4 is 0 Å². The number of hydrogen-bond acceptors (Lipinski definition) is 7. The maximum absolute atomic E-state index is 14.1. The van der Waals surface area contributed by atoms with Gasteiger partial charge in [0.1, 0.15) is 23.8 Å². The topological polar surface area (TPSA) is 138 Å². The van der Waals surface area contributed by atoms with Crippen LogP contribution >= 0.6 is 0 Å². The molecule has 11 nitrogen and oxygen atoms in total. The summed E-state index contributed by atoms with van der Waals surface area (Å²) in [5.41, 5.74) is 0.280. The van der Waals surface area contributed by atoms with E-state index in [0.717, 1.165) is 5.52 Å². The molecule has 0 aliphatic carbocycles. The van der Waals surface area contributed by atoms with E-state index < -0.39 is 35.6 Å². The zero-order valence-corrected chi connectivity index (χ0v) is 19.3. The molecule has 3 saturated heterocycles. The number of benzene rings is 1. The van der Waals surface area contributed by atoms with Crippen molar-refractivity contribution in [2.45, 2.75) is 50.1 Å². The summed E-state index contributed by atoms with van der Waals surface area (Å²) in [6, 6.07) is 6.45. The third-order valence-corrected chi connectivity index (χ3v) is 7.51. The highest BCUT2D eigenvalue weighted by atomic mass is 16.5. The Morgan fingerprint density at radius 2 is 2.11 bits per heavy atom. The third kappa shape index (κ3) is 3.61. The fourth-order valence-electron chi connectivity index (χ4n) is 6.08. The van der Waals surface area contributed by atoms with Crippen LogP contribution in [-0.4, -0.2) is 90.2 Å². The number of nitrogens with zero attached hydrogens (tertiary/aromatic N) is 5. The van der Waals surface area contributed by atoms with Gasteiger partial charge in [0.2, 0.25) is 11.8 Å². The number of carbonyl (C=O) groups excluding carboxylic acids is 2. The first kappa shape index (κ1) is 23.4. The van der Waals surface area contributed by atoms with Gasteiger partial charge >= 0.3 is 5.97 Å². The summed E-state index contributed by atoms with van der Waals surface area (Å²) in [4.78, 5) is 42.8. The van der Waals surface area contributed by atoms with Gasteiger partial charge in [-0.05, 0) is 37.8 Å². The van der Waals surface area contributed by atoms with E-state index in [0.29, 0.717) is 31.2 Å². The van der Waals surface area contributed by atoms with Gasteiger partial charge in [0, 0.05) is 19.7 Å². The molecule has 3 aliphatic rings. The number of carboxylic acid groups (broad SMARTS) is 1. The Morgan fingerprint density at radius 1 is 1.31 bits per heavy atom. The molecule has 3 aliphatic heterocycles. The lowest BCUT2D eigenvalue weighted by Crippen LogP contribution is -2.56. The minimum absolute atomic E-state index is 0.0342. The van der Waals surface area contributed by atoms with Crippen LogP contribution in [0.5, 0.6) is 0 Å². The van der Waals surface area contributed by atoms with Gasteiger partial charge in [-0.15, -0.1) is 11.7 Å². The minimum Gasteiger partial charge on any atom is -0.481 e. The quantitative estimate of drug-likeness (QED) is 0.371. The molecule has 4 heterocycles. The average molecular weight is 484 g/mol. The molecule has 0 radical (unpaired) electrons. The van der Waals surface area contributed by atoms with Crippen LogP contribution in [0.4, 0.5) is 0 Å². The molecule has 3 fully saturated rings. The minimum atomic E-state index is -1.18. The van der Waals surface area contributed by atoms with Crippen molar-refractivity contribution in [3.63, 3.8) is 0 Å². The molecule has 0 unspecified atom stereocenters. The number of carboxylic acids is 1. The number of likely N-dealkylation sites (tertiary alicyclic amines) is 1. The summed E-state index contributed by atoms with van der Waals surface area (Å²) < 4.78 is 7.85. The second-order valence-corrected chi connectivity index (χ2v) is 9.42. The molecule has 1 aromatic heterocycles. The lowest BCUT2D eigenvalue weighted by atomic mass is 9.70. The van der Waals surface area contributed by atoms with Gasteiger partial charge in [-0.1, -0.05) is 23.4 Å².